The number of nitrogens with zero attached hydrogens (tertiary/aromatic N) is 1. The van der Waals surface area contributed by atoms with Crippen LogP contribution < -0.4 is 19.6 Å². The van der Waals surface area contributed by atoms with Crippen molar-refractivity contribution in [1.82, 2.24) is 4.90 Å². The van der Waals surface area contributed by atoms with E-state index < -0.39 is 17.1 Å². The number of benzene rings is 1. The molecule has 9 nitrogen and oxygen atoms in total. The summed E-state index contributed by atoms with van der Waals surface area (Å²) in [5, 5.41) is 10.5. The van der Waals surface area contributed by atoms with Crippen LogP contribution in [-0.2, 0) is 9.53 Å². The first-order chi connectivity index (χ1) is 14.9. The number of aryl methyl sites for hydroxylation is 1. The maximum absolute atomic E-state index is 13.1. The second-order valence-corrected chi connectivity index (χ2v) is 7.11. The molecule has 3 rings (SSSR count). The molecule has 0 aliphatic carbocycles. The fourth-order valence-electron chi connectivity index (χ4n) is 3.72. The molecule has 1 aromatic carbocycles. The summed E-state index contributed by atoms with van der Waals surface area (Å²) in [7, 11) is 4.44. The minimum atomic E-state index is -0.794. The zero-order chi connectivity index (χ0) is 22.5. The van der Waals surface area contributed by atoms with Crippen LogP contribution in [0.2, 0.25) is 0 Å². The predicted molar refractivity (Wildman–Crippen MR) is 111 cm³/mol. The van der Waals surface area contributed by atoms with Gasteiger partial charge in [0.25, 0.3) is 0 Å². The Morgan fingerprint density at radius 2 is 1.81 bits per heavy atom. The topological polar surface area (TPSA) is 108 Å². The standard InChI is InChI=1S/C22H27NO8/c1-13-11-16(24)19(26)20(31-13)15(12-18(25)23-7-9-30-10-8-23)14-5-6-17(27-2)22(29-4)21(14)28-3/h5-6,11,15,26H,7-10,12H2,1-4H3/t15-/m0/s1. The highest BCUT2D eigenvalue weighted by atomic mass is 16.5. The number of aromatic hydroxyl groups is 1. The van der Waals surface area contributed by atoms with Crippen molar-refractivity contribution in [3.63, 3.8) is 0 Å². The van der Waals surface area contributed by atoms with E-state index in [0.29, 0.717) is 54.9 Å². The highest BCUT2D eigenvalue weighted by molar-refractivity contribution is 5.78. The van der Waals surface area contributed by atoms with Crippen LogP contribution in [0.4, 0.5) is 0 Å². The number of amides is 1. The first-order valence-corrected chi connectivity index (χ1v) is 9.89. The number of hydrogen-bond donors (Lipinski definition) is 1. The summed E-state index contributed by atoms with van der Waals surface area (Å²) in [6, 6.07) is 4.58. The molecule has 0 radical (unpaired) electrons. The van der Waals surface area contributed by atoms with Crippen LogP contribution in [-0.4, -0.2) is 63.5 Å². The van der Waals surface area contributed by atoms with Crippen molar-refractivity contribution in [3.05, 3.63) is 45.5 Å². The van der Waals surface area contributed by atoms with E-state index in [1.807, 2.05) is 0 Å². The van der Waals surface area contributed by atoms with E-state index in [9.17, 15) is 14.7 Å². The number of carbonyl (C=O) groups excluding carboxylic acids is 1. The van der Waals surface area contributed by atoms with E-state index >= 15 is 0 Å². The van der Waals surface area contributed by atoms with Gasteiger partial charge in [-0.25, -0.2) is 0 Å². The van der Waals surface area contributed by atoms with Crippen LogP contribution in [0.25, 0.3) is 0 Å². The second kappa shape index (κ2) is 9.74. The monoisotopic (exact) mass is 433 g/mol. The third kappa shape index (κ3) is 4.61. The van der Waals surface area contributed by atoms with Gasteiger partial charge in [-0.1, -0.05) is 6.07 Å². The summed E-state index contributed by atoms with van der Waals surface area (Å²) in [5.74, 6) is -0.0749. The Kier molecular flexibility index (Phi) is 7.06. The van der Waals surface area contributed by atoms with E-state index in [1.54, 1.807) is 24.0 Å². The van der Waals surface area contributed by atoms with Gasteiger partial charge in [0.1, 0.15) is 5.76 Å². The summed E-state index contributed by atoms with van der Waals surface area (Å²) >= 11 is 0. The third-order valence-electron chi connectivity index (χ3n) is 5.24. The number of hydrogen-bond acceptors (Lipinski definition) is 8. The van der Waals surface area contributed by atoms with Crippen LogP contribution in [0.1, 0.15) is 29.4 Å². The van der Waals surface area contributed by atoms with Crippen LogP contribution >= 0.6 is 0 Å². The molecular formula is C22H27NO8. The zero-order valence-corrected chi connectivity index (χ0v) is 18.1. The SMILES string of the molecule is COc1ccc([C@H](CC(=O)N2CCOCC2)c2oc(C)cc(=O)c2O)c(OC)c1OC. The minimum absolute atomic E-state index is 0.00266. The molecule has 0 spiro atoms. The molecule has 168 valence electrons. The van der Waals surface area contributed by atoms with Crippen molar-refractivity contribution in [1.29, 1.82) is 0 Å². The second-order valence-electron chi connectivity index (χ2n) is 7.11. The van der Waals surface area contributed by atoms with E-state index in [2.05, 4.69) is 0 Å². The van der Waals surface area contributed by atoms with E-state index in [4.69, 9.17) is 23.4 Å². The smallest absolute Gasteiger partial charge is 0.227 e. The maximum atomic E-state index is 13.1. The van der Waals surface area contributed by atoms with Gasteiger partial charge in [-0.05, 0) is 13.0 Å². The lowest BCUT2D eigenvalue weighted by atomic mass is 9.90. The van der Waals surface area contributed by atoms with E-state index in [-0.39, 0.29) is 18.1 Å². The Morgan fingerprint density at radius 3 is 2.42 bits per heavy atom. The summed E-state index contributed by atoms with van der Waals surface area (Å²) in [5.41, 5.74) is -0.0622. The fraction of sp³-hybridized carbons (Fsp3) is 0.455. The summed E-state index contributed by atoms with van der Waals surface area (Å²) in [6.07, 6.45) is -0.0498. The van der Waals surface area contributed by atoms with Crippen molar-refractivity contribution < 1.29 is 33.3 Å². The zero-order valence-electron chi connectivity index (χ0n) is 18.1. The van der Waals surface area contributed by atoms with E-state index in [1.165, 1.54) is 27.4 Å². The maximum Gasteiger partial charge on any atom is 0.227 e. The molecule has 0 saturated carbocycles. The Bertz CT molecular complexity index is 994. The lowest BCUT2D eigenvalue weighted by Gasteiger charge is -2.29. The summed E-state index contributed by atoms with van der Waals surface area (Å²) in [4.78, 5) is 27.0. The van der Waals surface area contributed by atoms with Crippen molar-refractivity contribution in [2.24, 2.45) is 0 Å². The summed E-state index contributed by atoms with van der Waals surface area (Å²) in [6.45, 7) is 3.47. The van der Waals surface area contributed by atoms with Crippen LogP contribution in [0.15, 0.2) is 27.4 Å². The van der Waals surface area contributed by atoms with Gasteiger partial charge in [-0.2, -0.15) is 0 Å². The quantitative estimate of drug-likeness (QED) is 0.707. The van der Waals surface area contributed by atoms with Gasteiger partial charge in [-0.3, -0.25) is 9.59 Å². The molecule has 1 saturated heterocycles. The molecule has 1 N–H and O–H groups in total. The first-order valence-electron chi connectivity index (χ1n) is 9.89. The average Bonchev–Trinajstić information content (AvgIpc) is 2.79. The van der Waals surface area contributed by atoms with Crippen molar-refractivity contribution in [3.8, 4) is 23.0 Å². The summed E-state index contributed by atoms with van der Waals surface area (Å²) < 4.78 is 27.5. The number of methoxy groups -OCH3 is 3. The third-order valence-corrected chi connectivity index (χ3v) is 5.24. The highest BCUT2D eigenvalue weighted by Gasteiger charge is 2.32. The Labute approximate surface area is 180 Å². The van der Waals surface area contributed by atoms with Gasteiger partial charge >= 0.3 is 0 Å². The molecule has 1 aliphatic rings. The predicted octanol–water partition coefficient (Wildman–Crippen LogP) is 2.06. The van der Waals surface area contributed by atoms with Crippen molar-refractivity contribution >= 4 is 5.91 Å². The molecule has 1 amide bonds. The lowest BCUT2D eigenvalue weighted by Crippen LogP contribution is -2.41. The highest BCUT2D eigenvalue weighted by Crippen LogP contribution is 2.46. The van der Waals surface area contributed by atoms with Gasteiger partial charge in [0.05, 0.1) is 40.5 Å². The molecule has 31 heavy (non-hydrogen) atoms. The molecule has 2 aromatic rings. The van der Waals surface area contributed by atoms with Crippen molar-refractivity contribution in [2.75, 3.05) is 47.6 Å². The molecular weight excluding hydrogens is 406 g/mol. The van der Waals surface area contributed by atoms with Crippen LogP contribution in [0.3, 0.4) is 0 Å². The normalized spacial score (nSPS) is 14.8. The molecule has 1 aromatic heterocycles. The van der Waals surface area contributed by atoms with Gasteiger partial charge in [0.15, 0.2) is 17.3 Å². The van der Waals surface area contributed by atoms with Gasteiger partial charge in [0, 0.05) is 31.1 Å². The Hall–Kier alpha value is -3.20. The van der Waals surface area contributed by atoms with Gasteiger partial charge < -0.3 is 33.4 Å². The number of morpholine rings is 1. The molecule has 9 heteroatoms. The fourth-order valence-corrected chi connectivity index (χ4v) is 3.72. The molecule has 1 fully saturated rings. The largest absolute Gasteiger partial charge is 0.502 e. The first kappa shape index (κ1) is 22.5. The molecule has 2 heterocycles. The Morgan fingerprint density at radius 1 is 1.13 bits per heavy atom. The Balaban J connectivity index is 2.15. The molecule has 1 atom stereocenters. The average molecular weight is 433 g/mol. The molecule has 0 unspecified atom stereocenters. The van der Waals surface area contributed by atoms with Crippen molar-refractivity contribution in [2.45, 2.75) is 19.3 Å². The van der Waals surface area contributed by atoms with Gasteiger partial charge in [-0.15, -0.1) is 0 Å². The van der Waals surface area contributed by atoms with Crippen LogP contribution in [0, 0.1) is 6.92 Å². The number of ether oxygens (including phenoxy) is 4. The molecule has 0 bridgehead atoms. The van der Waals surface area contributed by atoms with Crippen LogP contribution in [0.5, 0.6) is 23.0 Å². The minimum Gasteiger partial charge on any atom is -0.502 e. The number of carbonyl (C=O) groups is 1. The lowest BCUT2D eigenvalue weighted by molar-refractivity contribution is -0.135. The number of rotatable bonds is 7. The molecule has 1 aliphatic heterocycles. The van der Waals surface area contributed by atoms with E-state index in [0.717, 1.165) is 0 Å². The van der Waals surface area contributed by atoms with Gasteiger partial charge in [0.2, 0.25) is 22.8 Å².